The minimum Gasteiger partial charge on any atom is -0.350 e. The van der Waals surface area contributed by atoms with Crippen molar-refractivity contribution >= 4 is 40.4 Å². The van der Waals surface area contributed by atoms with Crippen molar-refractivity contribution < 1.29 is 23.2 Å². The Morgan fingerprint density at radius 1 is 0.812 bits per heavy atom. The van der Waals surface area contributed by atoms with Crippen molar-refractivity contribution in [2.45, 2.75) is 6.92 Å². The van der Waals surface area contributed by atoms with E-state index in [0.29, 0.717) is 16.9 Å². The van der Waals surface area contributed by atoms with Gasteiger partial charge in [0.2, 0.25) is 5.91 Å². The fourth-order valence-electron chi connectivity index (χ4n) is 3.37. The smallest absolute Gasteiger partial charge is 0.282 e. The molecule has 0 aliphatic carbocycles. The van der Waals surface area contributed by atoms with Gasteiger partial charge in [-0.2, -0.15) is 0 Å². The summed E-state index contributed by atoms with van der Waals surface area (Å²) in [6.45, 7) is 1.37. The van der Waals surface area contributed by atoms with Gasteiger partial charge in [0.05, 0.1) is 11.3 Å². The Hall–Kier alpha value is -4.33. The van der Waals surface area contributed by atoms with Crippen LogP contribution in [0.2, 0.25) is 0 Å². The molecule has 32 heavy (non-hydrogen) atoms. The van der Waals surface area contributed by atoms with Crippen molar-refractivity contribution in [2.75, 3.05) is 15.5 Å². The first-order valence-corrected chi connectivity index (χ1v) is 9.63. The first-order valence-electron chi connectivity index (χ1n) is 9.63. The second kappa shape index (κ2) is 8.43. The fourth-order valence-corrected chi connectivity index (χ4v) is 3.37. The zero-order valence-electron chi connectivity index (χ0n) is 16.9. The highest BCUT2D eigenvalue weighted by atomic mass is 19.1. The van der Waals surface area contributed by atoms with Crippen molar-refractivity contribution in [2.24, 2.45) is 0 Å². The normalized spacial score (nSPS) is 13.5. The van der Waals surface area contributed by atoms with Crippen LogP contribution in [0.25, 0.3) is 5.57 Å². The van der Waals surface area contributed by atoms with Crippen molar-refractivity contribution in [3.05, 3.63) is 95.7 Å². The Kier molecular flexibility index (Phi) is 5.51. The minimum atomic E-state index is -0.745. The molecule has 160 valence electrons. The maximum absolute atomic E-state index is 14.4. The largest absolute Gasteiger partial charge is 0.350 e. The number of halogens is 2. The van der Waals surface area contributed by atoms with Crippen molar-refractivity contribution in [1.29, 1.82) is 0 Å². The molecule has 3 aromatic rings. The van der Waals surface area contributed by atoms with Crippen LogP contribution in [0.1, 0.15) is 12.5 Å². The average molecular weight is 433 g/mol. The van der Waals surface area contributed by atoms with Gasteiger partial charge in [0.1, 0.15) is 17.3 Å². The lowest BCUT2D eigenvalue weighted by Crippen LogP contribution is -2.33. The van der Waals surface area contributed by atoms with E-state index >= 15 is 0 Å². The summed E-state index contributed by atoms with van der Waals surface area (Å²) in [7, 11) is 0. The maximum atomic E-state index is 14.4. The molecule has 0 atom stereocenters. The van der Waals surface area contributed by atoms with E-state index in [0.717, 1.165) is 11.0 Å². The van der Waals surface area contributed by atoms with Crippen molar-refractivity contribution in [3.63, 3.8) is 0 Å². The maximum Gasteiger partial charge on any atom is 0.282 e. The third-order valence-corrected chi connectivity index (χ3v) is 4.78. The van der Waals surface area contributed by atoms with E-state index in [9.17, 15) is 23.2 Å². The van der Waals surface area contributed by atoms with Crippen LogP contribution in [0, 0.1) is 11.6 Å². The second-order valence-electron chi connectivity index (χ2n) is 7.04. The highest BCUT2D eigenvalue weighted by Crippen LogP contribution is 2.35. The van der Waals surface area contributed by atoms with Gasteiger partial charge in [-0.1, -0.05) is 24.3 Å². The van der Waals surface area contributed by atoms with Gasteiger partial charge in [-0.3, -0.25) is 14.4 Å². The molecule has 0 saturated heterocycles. The number of hydrogen-bond acceptors (Lipinski definition) is 4. The zero-order chi connectivity index (χ0) is 22.8. The Bertz CT molecular complexity index is 1250. The van der Waals surface area contributed by atoms with Crippen LogP contribution in [-0.4, -0.2) is 17.7 Å². The van der Waals surface area contributed by atoms with E-state index in [4.69, 9.17) is 0 Å². The Morgan fingerprint density at radius 2 is 1.44 bits per heavy atom. The second-order valence-corrected chi connectivity index (χ2v) is 7.04. The molecule has 3 aromatic carbocycles. The van der Waals surface area contributed by atoms with Gasteiger partial charge < -0.3 is 10.6 Å². The first-order chi connectivity index (χ1) is 15.3. The van der Waals surface area contributed by atoms with Crippen LogP contribution < -0.4 is 15.5 Å². The van der Waals surface area contributed by atoms with Gasteiger partial charge in [-0.25, -0.2) is 13.7 Å². The van der Waals surface area contributed by atoms with Gasteiger partial charge in [0, 0.05) is 18.3 Å². The Morgan fingerprint density at radius 3 is 2.06 bits per heavy atom. The standard InChI is InChI=1S/C24H17F2N3O3/c1-14(30)27-17-10-6-15(7-11-17)21-22(28-18-12-8-16(25)9-13-18)24(32)29(23(21)31)20-5-3-2-4-19(20)26/h2-13,28H,1H3,(H,27,30). The van der Waals surface area contributed by atoms with Crippen molar-refractivity contribution in [3.8, 4) is 0 Å². The average Bonchev–Trinajstić information content (AvgIpc) is 3.00. The lowest BCUT2D eigenvalue weighted by atomic mass is 10.0. The van der Waals surface area contributed by atoms with Crippen LogP contribution in [0.5, 0.6) is 0 Å². The van der Waals surface area contributed by atoms with Gasteiger partial charge in [-0.05, 0) is 54.1 Å². The third kappa shape index (κ3) is 3.98. The third-order valence-electron chi connectivity index (χ3n) is 4.78. The lowest BCUT2D eigenvalue weighted by molar-refractivity contribution is -0.120. The summed E-state index contributed by atoms with van der Waals surface area (Å²) in [6, 6.07) is 17.0. The topological polar surface area (TPSA) is 78.5 Å². The number of rotatable bonds is 5. The van der Waals surface area contributed by atoms with Gasteiger partial charge >= 0.3 is 0 Å². The molecule has 8 heteroatoms. The number of para-hydroxylation sites is 1. The predicted molar refractivity (Wildman–Crippen MR) is 117 cm³/mol. The Balaban J connectivity index is 1.79. The predicted octanol–water partition coefficient (Wildman–Crippen LogP) is 4.32. The molecular weight excluding hydrogens is 416 g/mol. The summed E-state index contributed by atoms with van der Waals surface area (Å²) in [4.78, 5) is 38.5. The van der Waals surface area contributed by atoms with Crippen LogP contribution in [0.4, 0.5) is 25.8 Å². The quantitative estimate of drug-likeness (QED) is 0.588. The molecule has 0 fully saturated rings. The number of benzene rings is 3. The SMILES string of the molecule is CC(=O)Nc1ccc(C2=C(Nc3ccc(F)cc3)C(=O)N(c3ccccc3F)C2=O)cc1. The number of hydrogen-bond donors (Lipinski definition) is 2. The van der Waals surface area contributed by atoms with Crippen LogP contribution >= 0.6 is 0 Å². The number of amides is 3. The number of carbonyl (C=O) groups excluding carboxylic acids is 3. The van der Waals surface area contributed by atoms with E-state index in [1.165, 1.54) is 49.4 Å². The molecule has 0 bridgehead atoms. The summed E-state index contributed by atoms with van der Waals surface area (Å²) in [5, 5.41) is 5.49. The van der Waals surface area contributed by atoms with Crippen molar-refractivity contribution in [1.82, 2.24) is 0 Å². The highest BCUT2D eigenvalue weighted by molar-refractivity contribution is 6.46. The molecular formula is C24H17F2N3O3. The molecule has 3 amide bonds. The van der Waals surface area contributed by atoms with Crippen LogP contribution in [0.15, 0.2) is 78.5 Å². The molecule has 6 nitrogen and oxygen atoms in total. The minimum absolute atomic E-state index is 0.0250. The van der Waals surface area contributed by atoms with Gasteiger partial charge in [-0.15, -0.1) is 0 Å². The van der Waals surface area contributed by atoms with E-state index in [1.807, 2.05) is 0 Å². The van der Waals surface area contributed by atoms with Gasteiger partial charge in [0.15, 0.2) is 0 Å². The molecule has 0 unspecified atom stereocenters. The summed E-state index contributed by atoms with van der Waals surface area (Å²) >= 11 is 0. The van der Waals surface area contributed by atoms with Gasteiger partial charge in [0.25, 0.3) is 11.8 Å². The van der Waals surface area contributed by atoms with Crippen LogP contribution in [-0.2, 0) is 14.4 Å². The Labute approximate surface area is 182 Å². The monoisotopic (exact) mass is 433 g/mol. The molecule has 4 rings (SSSR count). The summed E-state index contributed by atoms with van der Waals surface area (Å²) in [6.07, 6.45) is 0. The fraction of sp³-hybridized carbons (Fsp3) is 0.0417. The van der Waals surface area contributed by atoms with E-state index in [1.54, 1.807) is 24.3 Å². The molecule has 0 saturated carbocycles. The summed E-state index contributed by atoms with van der Waals surface area (Å²) < 4.78 is 27.7. The number of nitrogens with one attached hydrogen (secondary N) is 2. The van der Waals surface area contributed by atoms with E-state index in [2.05, 4.69) is 10.6 Å². The molecule has 0 radical (unpaired) electrons. The molecule has 2 N–H and O–H groups in total. The number of anilines is 3. The molecule has 0 spiro atoms. The zero-order valence-corrected chi connectivity index (χ0v) is 16.9. The molecule has 1 aliphatic rings. The summed E-state index contributed by atoms with van der Waals surface area (Å²) in [5.41, 5.74) is 1.06. The first kappa shape index (κ1) is 20.9. The number of carbonyl (C=O) groups is 3. The molecule has 0 aromatic heterocycles. The lowest BCUT2D eigenvalue weighted by Gasteiger charge is -2.16. The highest BCUT2D eigenvalue weighted by Gasteiger charge is 2.41. The number of imide groups is 1. The number of nitrogens with zero attached hydrogens (tertiary/aromatic N) is 1. The molecule has 1 heterocycles. The van der Waals surface area contributed by atoms with E-state index in [-0.39, 0.29) is 22.9 Å². The van der Waals surface area contributed by atoms with Crippen LogP contribution in [0.3, 0.4) is 0 Å². The van der Waals surface area contributed by atoms with E-state index < -0.39 is 23.4 Å². The molecule has 1 aliphatic heterocycles. The summed E-state index contributed by atoms with van der Waals surface area (Å²) in [5.74, 6) is -2.89.